The maximum absolute atomic E-state index is 14.8. The first-order valence-electron chi connectivity index (χ1n) is 8.82. The first kappa shape index (κ1) is 21.4. The van der Waals surface area contributed by atoms with Crippen LogP contribution < -0.4 is 5.32 Å². The van der Waals surface area contributed by atoms with E-state index in [9.17, 15) is 13.6 Å². The van der Waals surface area contributed by atoms with Crippen molar-refractivity contribution >= 4 is 34.8 Å². The monoisotopic (exact) mass is 470 g/mol. The second kappa shape index (κ2) is 8.70. The summed E-state index contributed by atoms with van der Waals surface area (Å²) in [7, 11) is 0. The molecule has 1 N–H and O–H groups in total. The highest BCUT2D eigenvalue weighted by atomic mass is 35.5. The van der Waals surface area contributed by atoms with Gasteiger partial charge in [-0.25, -0.2) is 13.8 Å². The lowest BCUT2D eigenvalue weighted by Crippen LogP contribution is -2.14. The summed E-state index contributed by atoms with van der Waals surface area (Å²) in [5, 5.41) is 10.5. The molecule has 158 valence electrons. The Morgan fingerprint density at radius 2 is 1.78 bits per heavy atom. The van der Waals surface area contributed by atoms with Crippen LogP contribution in [-0.2, 0) is 0 Å². The first-order chi connectivity index (χ1) is 15.4. The van der Waals surface area contributed by atoms with Crippen molar-refractivity contribution in [2.75, 3.05) is 5.32 Å². The summed E-state index contributed by atoms with van der Waals surface area (Å²) in [4.78, 5) is 21.8. The fourth-order valence-electron chi connectivity index (χ4n) is 2.84. The van der Waals surface area contributed by atoms with Crippen LogP contribution in [0.25, 0.3) is 17.1 Å². The number of halogens is 4. The van der Waals surface area contributed by atoms with E-state index < -0.39 is 17.5 Å². The van der Waals surface area contributed by atoms with Gasteiger partial charge in [0, 0.05) is 5.56 Å². The highest BCUT2D eigenvalue weighted by Crippen LogP contribution is 2.30. The van der Waals surface area contributed by atoms with E-state index in [1.807, 2.05) is 0 Å². The van der Waals surface area contributed by atoms with Crippen molar-refractivity contribution in [1.29, 1.82) is 0 Å². The number of carbonyl (C=O) groups excluding carboxylic acids is 1. The van der Waals surface area contributed by atoms with Crippen molar-refractivity contribution in [1.82, 2.24) is 25.0 Å². The molecular weight excluding hydrogens is 461 g/mol. The van der Waals surface area contributed by atoms with Crippen LogP contribution in [0.5, 0.6) is 0 Å². The highest BCUT2D eigenvalue weighted by molar-refractivity contribution is 6.35. The van der Waals surface area contributed by atoms with Crippen LogP contribution in [0.15, 0.2) is 49.1 Å². The van der Waals surface area contributed by atoms with Gasteiger partial charge in [-0.1, -0.05) is 29.1 Å². The Bertz CT molecular complexity index is 1390. The molecule has 1 aromatic carbocycles. The van der Waals surface area contributed by atoms with Crippen molar-refractivity contribution in [2.45, 2.75) is 0 Å². The molecule has 0 radical (unpaired) electrons. The number of aromatic nitrogens is 5. The van der Waals surface area contributed by atoms with Crippen LogP contribution in [0.1, 0.15) is 15.9 Å². The van der Waals surface area contributed by atoms with Gasteiger partial charge in [0.15, 0.2) is 5.82 Å². The Hall–Kier alpha value is -3.87. The van der Waals surface area contributed by atoms with Crippen LogP contribution in [0.2, 0.25) is 10.0 Å². The lowest BCUT2D eigenvalue weighted by molar-refractivity contribution is 0.102. The first-order valence-corrected chi connectivity index (χ1v) is 9.58. The molecule has 0 saturated carbocycles. The van der Waals surface area contributed by atoms with Gasteiger partial charge in [0.1, 0.15) is 11.6 Å². The molecule has 0 unspecified atom stereocenters. The average Bonchev–Trinajstić information content (AvgIpc) is 3.29. The summed E-state index contributed by atoms with van der Waals surface area (Å²) in [6.45, 7) is 0. The summed E-state index contributed by atoms with van der Waals surface area (Å²) in [6, 6.07) is 4.63. The van der Waals surface area contributed by atoms with E-state index in [0.717, 1.165) is 18.3 Å². The Morgan fingerprint density at radius 3 is 2.47 bits per heavy atom. The maximum Gasteiger partial charge on any atom is 0.257 e. The molecule has 3 aromatic heterocycles. The predicted octanol–water partition coefficient (Wildman–Crippen LogP) is 4.54. The van der Waals surface area contributed by atoms with Gasteiger partial charge in [-0.3, -0.25) is 9.78 Å². The smallest absolute Gasteiger partial charge is 0.257 e. The van der Waals surface area contributed by atoms with Crippen molar-refractivity contribution in [3.05, 3.63) is 81.9 Å². The molecule has 0 aliphatic rings. The molecule has 1 amide bonds. The van der Waals surface area contributed by atoms with Crippen molar-refractivity contribution < 1.29 is 13.6 Å². The number of rotatable bonds is 4. The molecule has 4 aromatic rings. The zero-order valence-corrected chi connectivity index (χ0v) is 17.4. The Balaban J connectivity index is 1.62. The topological polar surface area (TPSA) is 85.6 Å². The fourth-order valence-corrected chi connectivity index (χ4v) is 3.33. The number of nitrogens with one attached hydrogen (secondary N) is 1. The average molecular weight is 471 g/mol. The van der Waals surface area contributed by atoms with E-state index in [2.05, 4.69) is 31.4 Å². The van der Waals surface area contributed by atoms with Crippen LogP contribution in [-0.4, -0.2) is 30.9 Å². The quantitative estimate of drug-likeness (QED) is 0.442. The van der Waals surface area contributed by atoms with Gasteiger partial charge < -0.3 is 5.32 Å². The minimum atomic E-state index is -0.813. The third-order valence-electron chi connectivity index (χ3n) is 4.25. The Morgan fingerprint density at radius 1 is 1.03 bits per heavy atom. The molecular formula is C21H10Cl2F2N6O. The highest BCUT2D eigenvalue weighted by Gasteiger charge is 2.19. The Kier molecular flexibility index (Phi) is 5.81. The minimum absolute atomic E-state index is 0.0269. The lowest BCUT2D eigenvalue weighted by atomic mass is 10.0. The molecule has 7 nitrogen and oxygen atoms in total. The molecule has 0 spiro atoms. The van der Waals surface area contributed by atoms with Crippen LogP contribution in [0, 0.1) is 24.0 Å². The molecule has 11 heteroatoms. The molecule has 0 saturated heterocycles. The van der Waals surface area contributed by atoms with Gasteiger partial charge in [-0.05, 0) is 24.3 Å². The number of pyridine rings is 2. The van der Waals surface area contributed by atoms with Crippen LogP contribution >= 0.6 is 23.2 Å². The summed E-state index contributed by atoms with van der Waals surface area (Å²) in [6.07, 6.45) is 10.5. The van der Waals surface area contributed by atoms with E-state index >= 15 is 0 Å². The number of carbonyl (C=O) groups is 1. The van der Waals surface area contributed by atoms with E-state index in [1.54, 1.807) is 0 Å². The second-order valence-corrected chi connectivity index (χ2v) is 7.12. The van der Waals surface area contributed by atoms with E-state index in [1.165, 1.54) is 35.5 Å². The number of hydrogen-bond acceptors (Lipinski definition) is 5. The molecule has 0 fully saturated rings. The van der Waals surface area contributed by atoms with Gasteiger partial charge >= 0.3 is 0 Å². The molecule has 3 heterocycles. The second-order valence-electron chi connectivity index (χ2n) is 6.31. The Labute approximate surface area is 190 Å². The van der Waals surface area contributed by atoms with Crippen molar-refractivity contribution in [3.8, 4) is 29.4 Å². The van der Waals surface area contributed by atoms with Gasteiger partial charge in [-0.15, -0.1) is 11.2 Å². The molecule has 4 rings (SSSR count). The zero-order valence-electron chi connectivity index (χ0n) is 15.9. The molecule has 32 heavy (non-hydrogen) atoms. The largest absolute Gasteiger partial charge is 0.320 e. The van der Waals surface area contributed by atoms with Gasteiger partial charge in [-0.2, -0.15) is 10.2 Å². The molecule has 0 aliphatic carbocycles. The maximum atomic E-state index is 14.8. The summed E-state index contributed by atoms with van der Waals surface area (Å²) in [5.74, 6) is 0.337. The summed E-state index contributed by atoms with van der Waals surface area (Å²) in [5.41, 5.74) is 0.0986. The number of amides is 1. The van der Waals surface area contributed by atoms with Crippen molar-refractivity contribution in [3.63, 3.8) is 0 Å². The lowest BCUT2D eigenvalue weighted by Gasteiger charge is -2.11. The van der Waals surface area contributed by atoms with E-state index in [0.29, 0.717) is 0 Å². The van der Waals surface area contributed by atoms with Crippen LogP contribution in [0.3, 0.4) is 0 Å². The standard InChI is InChI=1S/C21H10Cl2F2N6O/c1-2-11-5-12(24)9-26-19(11)15-7-16(22)14(8-18(15)25)21(32)30-13-6-17(23)20(27-10-13)31-28-3-4-29-31/h1,3-10H,(H,30,32). The summed E-state index contributed by atoms with van der Waals surface area (Å²) >= 11 is 12.4. The summed E-state index contributed by atoms with van der Waals surface area (Å²) < 4.78 is 28.2. The van der Waals surface area contributed by atoms with Gasteiger partial charge in [0.05, 0.1) is 57.3 Å². The number of hydrogen-bond donors (Lipinski definition) is 1. The molecule has 0 bridgehead atoms. The molecule has 0 atom stereocenters. The van der Waals surface area contributed by atoms with Crippen LogP contribution in [0.4, 0.5) is 14.5 Å². The third kappa shape index (κ3) is 4.14. The fraction of sp³-hybridized carbons (Fsp3) is 0. The number of benzene rings is 1. The minimum Gasteiger partial charge on any atom is -0.320 e. The van der Waals surface area contributed by atoms with E-state index in [4.69, 9.17) is 29.6 Å². The van der Waals surface area contributed by atoms with E-state index in [-0.39, 0.29) is 43.9 Å². The zero-order chi connectivity index (χ0) is 22.8. The third-order valence-corrected chi connectivity index (χ3v) is 4.84. The number of anilines is 1. The van der Waals surface area contributed by atoms with Crippen molar-refractivity contribution in [2.24, 2.45) is 0 Å². The predicted molar refractivity (Wildman–Crippen MR) is 115 cm³/mol. The normalized spacial score (nSPS) is 10.6. The number of terminal acetylenes is 1. The SMILES string of the molecule is C#Cc1cc(F)cnc1-c1cc(Cl)c(C(=O)Nc2cnc(-n3nccn3)c(Cl)c2)cc1F. The van der Waals surface area contributed by atoms with Gasteiger partial charge in [0.2, 0.25) is 0 Å². The van der Waals surface area contributed by atoms with Gasteiger partial charge in [0.25, 0.3) is 5.91 Å². The number of nitrogens with zero attached hydrogens (tertiary/aromatic N) is 5. The molecule has 0 aliphatic heterocycles.